The molecule has 0 aliphatic carbocycles. The van der Waals surface area contributed by atoms with E-state index >= 15 is 0 Å². The molecule has 0 atom stereocenters. The van der Waals surface area contributed by atoms with Gasteiger partial charge in [-0.2, -0.15) is 43.8 Å². The normalized spacial score (nSPS) is 14.9. The first-order valence-corrected chi connectivity index (χ1v) is 9.43. The molecule has 0 aromatic rings. The Bertz CT molecular complexity index is 725. The van der Waals surface area contributed by atoms with E-state index in [0.717, 1.165) is 0 Å². The molecule has 0 fully saturated rings. The minimum atomic E-state index is -7.46. The van der Waals surface area contributed by atoms with Crippen LogP contribution >= 0.6 is 0 Å². The first kappa shape index (κ1) is 29.9. The smallest absolute Gasteiger partial charge is 0.748 e. The van der Waals surface area contributed by atoms with Crippen molar-refractivity contribution in [1.82, 2.24) is 4.31 Å². The summed E-state index contributed by atoms with van der Waals surface area (Å²) in [6.45, 7) is -4.32. The summed E-state index contributed by atoms with van der Waals surface area (Å²) in [6.07, 6.45) is -8.34. The average Bonchev–Trinajstić information content (AvgIpc) is 2.43. The maximum atomic E-state index is 13.6. The van der Waals surface area contributed by atoms with Gasteiger partial charge in [0.25, 0.3) is 10.0 Å². The van der Waals surface area contributed by atoms with Gasteiger partial charge in [0.15, 0.2) is 0 Å². The molecule has 0 aliphatic heterocycles. The fourth-order valence-electron chi connectivity index (χ4n) is 1.57. The maximum absolute atomic E-state index is 13.6. The Kier molecular flexibility index (Phi) is 9.91. The summed E-state index contributed by atoms with van der Waals surface area (Å²) >= 11 is 0. The summed E-state index contributed by atoms with van der Waals surface area (Å²) in [5, 5.41) is 1.56. The molecule has 0 unspecified atom stereocenters. The van der Waals surface area contributed by atoms with Crippen LogP contribution in [0.25, 0.3) is 0 Å². The van der Waals surface area contributed by atoms with Crippen LogP contribution in [-0.2, 0) is 20.1 Å². The number of hydrogen-bond acceptors (Lipinski definition) is 6. The van der Waals surface area contributed by atoms with E-state index in [1.807, 2.05) is 0 Å². The van der Waals surface area contributed by atoms with Crippen LogP contribution in [0.4, 0.5) is 39.5 Å². The second kappa shape index (κ2) is 9.26. The van der Waals surface area contributed by atoms with E-state index in [1.54, 1.807) is 0 Å². The van der Waals surface area contributed by atoms with Crippen molar-refractivity contribution in [1.29, 1.82) is 0 Å². The third-order valence-electron chi connectivity index (χ3n) is 2.93. The first-order chi connectivity index (χ1) is 11.7. The number of hydrogen-bond donors (Lipinski definition) is 1. The van der Waals surface area contributed by atoms with Gasteiger partial charge in [0, 0.05) is 18.8 Å². The zero-order valence-electron chi connectivity index (χ0n) is 13.7. The molecule has 19 heteroatoms. The Hall–Kier alpha value is -0.253. The molecular weight excluding hydrogens is 460 g/mol. The molecule has 0 aromatic carbocycles. The molecule has 0 amide bonds. The minimum absolute atomic E-state index is 0. The largest absolute Gasteiger partial charge is 1.00 e. The Morgan fingerprint density at radius 2 is 1.25 bits per heavy atom. The van der Waals surface area contributed by atoms with E-state index in [0.29, 0.717) is 0 Å². The van der Waals surface area contributed by atoms with Gasteiger partial charge in [0.2, 0.25) is 0 Å². The van der Waals surface area contributed by atoms with Crippen LogP contribution in [0, 0.1) is 0 Å². The van der Waals surface area contributed by atoms with Crippen molar-refractivity contribution < 1.29 is 84.9 Å². The van der Waals surface area contributed by atoms with Crippen LogP contribution in [0.3, 0.4) is 0 Å². The number of aliphatic hydroxyl groups is 1. The van der Waals surface area contributed by atoms with Gasteiger partial charge in [-0.3, -0.25) is 0 Å². The number of halogens is 9. The Balaban J connectivity index is 0. The molecule has 0 saturated heterocycles. The van der Waals surface area contributed by atoms with Crippen molar-refractivity contribution in [2.45, 2.75) is 29.7 Å². The number of aliphatic hydroxyl groups excluding tert-OH is 1. The van der Waals surface area contributed by atoms with Crippen molar-refractivity contribution in [2.24, 2.45) is 0 Å². The minimum Gasteiger partial charge on any atom is -0.748 e. The molecule has 7 nitrogen and oxygen atoms in total. The van der Waals surface area contributed by atoms with Crippen LogP contribution < -0.4 is 18.9 Å². The second-order valence-electron chi connectivity index (χ2n) is 4.91. The Morgan fingerprint density at radius 1 is 0.821 bits per heavy atom. The molecule has 0 heterocycles. The van der Waals surface area contributed by atoms with Gasteiger partial charge in [-0.05, 0) is 6.42 Å². The molecule has 1 N–H and O–H groups in total. The number of rotatable bonds is 10. The average molecular weight is 471 g/mol. The molecule has 0 saturated carbocycles. The van der Waals surface area contributed by atoms with Crippen LogP contribution in [0.5, 0.6) is 0 Å². The van der Waals surface area contributed by atoms with Gasteiger partial charge in [0.05, 0.1) is 16.7 Å². The quantitative estimate of drug-likeness (QED) is 0.224. The van der Waals surface area contributed by atoms with Crippen LogP contribution in [0.2, 0.25) is 0 Å². The van der Waals surface area contributed by atoms with E-state index in [-0.39, 0.29) is 18.9 Å². The number of nitrogens with zero attached hydrogens (tertiary/aromatic N) is 1. The zero-order valence-corrected chi connectivity index (χ0v) is 15.3. The van der Waals surface area contributed by atoms with E-state index in [4.69, 9.17) is 5.11 Å². The van der Waals surface area contributed by atoms with Crippen LogP contribution in [0.1, 0.15) is 6.42 Å². The molecule has 0 spiro atoms. The maximum Gasteiger partial charge on any atom is 1.00 e. The standard InChI is InChI=1S/C9H12F9NO6S2.Li/c10-6(11,8(14,15)16)7(12,13)9(17,18)27(24,25)19(3-4-20)2-1-5-26(21,22)23;/h20H,1-5H2,(H,21,22,23);/q;+1/p-1. The van der Waals surface area contributed by atoms with Crippen LogP contribution in [-0.4, -0.2) is 79.5 Å². The molecule has 28 heavy (non-hydrogen) atoms. The van der Waals surface area contributed by atoms with E-state index < -0.39 is 79.6 Å². The van der Waals surface area contributed by atoms with Gasteiger partial charge in [-0.1, -0.05) is 0 Å². The predicted molar refractivity (Wildman–Crippen MR) is 67.7 cm³/mol. The van der Waals surface area contributed by atoms with Gasteiger partial charge < -0.3 is 9.66 Å². The fourth-order valence-corrected chi connectivity index (χ4v) is 3.52. The van der Waals surface area contributed by atoms with Crippen molar-refractivity contribution in [2.75, 3.05) is 25.4 Å². The third-order valence-corrected chi connectivity index (χ3v) is 5.67. The topological polar surface area (TPSA) is 115 Å². The molecule has 0 rings (SSSR count). The molecule has 0 aromatic heterocycles. The first-order valence-electron chi connectivity index (χ1n) is 6.41. The molecule has 0 aliphatic rings. The van der Waals surface area contributed by atoms with Gasteiger partial charge in [-0.15, -0.1) is 0 Å². The summed E-state index contributed by atoms with van der Waals surface area (Å²) in [5.41, 5.74) is 0. The molecular formula is C9H11F9LiNO6S2. The van der Waals surface area contributed by atoms with Gasteiger partial charge >= 0.3 is 42.1 Å². The molecule has 0 bridgehead atoms. The van der Waals surface area contributed by atoms with Gasteiger partial charge in [0.1, 0.15) is 0 Å². The number of alkyl halides is 9. The van der Waals surface area contributed by atoms with Gasteiger partial charge in [-0.25, -0.2) is 16.8 Å². The van der Waals surface area contributed by atoms with Crippen LogP contribution in [0.15, 0.2) is 0 Å². The number of sulfonamides is 1. The second-order valence-corrected chi connectivity index (χ2v) is 8.41. The fraction of sp³-hybridized carbons (Fsp3) is 1.00. The van der Waals surface area contributed by atoms with Crippen molar-refractivity contribution >= 4 is 20.1 Å². The SMILES string of the molecule is O=S(=O)([O-])CCCN(CCO)S(=O)(=O)C(F)(F)C(F)(F)C(F)(F)C(F)(F)F.[Li+]. The van der Waals surface area contributed by atoms with E-state index in [1.165, 1.54) is 0 Å². The van der Waals surface area contributed by atoms with E-state index in [9.17, 15) is 60.9 Å². The summed E-state index contributed by atoms with van der Waals surface area (Å²) in [5.74, 6) is -16.3. The predicted octanol–water partition coefficient (Wildman–Crippen LogP) is -2.02. The molecule has 0 radical (unpaired) electrons. The summed E-state index contributed by atoms with van der Waals surface area (Å²) in [6, 6.07) is 0. The Labute approximate surface area is 164 Å². The zero-order chi connectivity index (χ0) is 22.1. The third kappa shape index (κ3) is 5.89. The van der Waals surface area contributed by atoms with Crippen molar-refractivity contribution in [3.63, 3.8) is 0 Å². The van der Waals surface area contributed by atoms with E-state index in [2.05, 4.69) is 0 Å². The summed E-state index contributed by atoms with van der Waals surface area (Å²) in [7, 11) is -12.0. The summed E-state index contributed by atoms with van der Waals surface area (Å²) in [4.78, 5) is 0. The van der Waals surface area contributed by atoms with Crippen molar-refractivity contribution in [3.05, 3.63) is 0 Å². The van der Waals surface area contributed by atoms with Crippen molar-refractivity contribution in [3.8, 4) is 0 Å². The summed E-state index contributed by atoms with van der Waals surface area (Å²) < 4.78 is 169. The monoisotopic (exact) mass is 471 g/mol. The molecule has 164 valence electrons. The Morgan fingerprint density at radius 3 is 1.57 bits per heavy atom.